The summed E-state index contributed by atoms with van der Waals surface area (Å²) in [6, 6.07) is 12.9. The minimum atomic E-state index is -0.631. The van der Waals surface area contributed by atoms with E-state index in [1.54, 1.807) is 16.8 Å². The van der Waals surface area contributed by atoms with Gasteiger partial charge in [0.15, 0.2) is 0 Å². The Morgan fingerprint density at radius 1 is 1.00 bits per heavy atom. The molecule has 0 bridgehead atoms. The maximum atomic E-state index is 13.9. The highest BCUT2D eigenvalue weighted by Crippen LogP contribution is 2.23. The van der Waals surface area contributed by atoms with Gasteiger partial charge in [-0.1, -0.05) is 18.2 Å². The summed E-state index contributed by atoms with van der Waals surface area (Å²) in [7, 11) is 0. The number of imidazole rings is 1. The zero-order valence-electron chi connectivity index (χ0n) is 13.1. The minimum Gasteiger partial charge on any atom is -0.487 e. The number of aromatic nitrogens is 3. The first-order chi connectivity index (χ1) is 12.2. The molecule has 0 N–H and O–H groups in total. The maximum Gasteiger partial charge on any atom is 0.234 e. The molecule has 0 fully saturated rings. The number of ether oxygens (including phenoxy) is 1. The summed E-state index contributed by atoms with van der Waals surface area (Å²) < 4.78 is 34.4. The highest BCUT2D eigenvalue weighted by atomic mass is 19.1. The van der Waals surface area contributed by atoms with Crippen molar-refractivity contribution in [2.24, 2.45) is 0 Å². The molecule has 0 aliphatic carbocycles. The molecule has 124 valence electrons. The van der Waals surface area contributed by atoms with Crippen LogP contribution in [0, 0.1) is 11.6 Å². The third kappa shape index (κ3) is 3.19. The van der Waals surface area contributed by atoms with Crippen LogP contribution in [0.1, 0.15) is 5.69 Å². The SMILES string of the molecule is Fc1ccc(-c2cnc3nc(COc4ccccc4)cn3c2)c(F)c1. The van der Waals surface area contributed by atoms with E-state index in [-0.39, 0.29) is 5.56 Å². The van der Waals surface area contributed by atoms with Crippen molar-refractivity contribution in [2.75, 3.05) is 0 Å². The van der Waals surface area contributed by atoms with E-state index in [4.69, 9.17) is 4.74 Å². The van der Waals surface area contributed by atoms with Crippen molar-refractivity contribution in [3.8, 4) is 16.9 Å². The van der Waals surface area contributed by atoms with Gasteiger partial charge in [0.2, 0.25) is 5.78 Å². The van der Waals surface area contributed by atoms with E-state index in [0.29, 0.717) is 23.6 Å². The van der Waals surface area contributed by atoms with E-state index >= 15 is 0 Å². The summed E-state index contributed by atoms with van der Waals surface area (Å²) in [5, 5.41) is 0. The van der Waals surface area contributed by atoms with Crippen LogP contribution in [0.25, 0.3) is 16.9 Å². The molecule has 0 aliphatic heterocycles. The number of halogens is 2. The lowest BCUT2D eigenvalue weighted by Crippen LogP contribution is -1.94. The molecule has 2 aromatic heterocycles. The fourth-order valence-corrected chi connectivity index (χ4v) is 2.54. The Morgan fingerprint density at radius 2 is 1.84 bits per heavy atom. The second-order valence-electron chi connectivity index (χ2n) is 5.51. The van der Waals surface area contributed by atoms with Crippen molar-refractivity contribution in [3.05, 3.63) is 84.4 Å². The van der Waals surface area contributed by atoms with Crippen LogP contribution in [0.3, 0.4) is 0 Å². The fourth-order valence-electron chi connectivity index (χ4n) is 2.54. The molecule has 0 saturated carbocycles. The Kier molecular flexibility index (Phi) is 3.85. The molecule has 0 saturated heterocycles. The summed E-state index contributed by atoms with van der Waals surface area (Å²) >= 11 is 0. The number of fused-ring (bicyclic) bond motifs is 1. The lowest BCUT2D eigenvalue weighted by molar-refractivity contribution is 0.302. The van der Waals surface area contributed by atoms with E-state index in [1.807, 2.05) is 30.3 Å². The lowest BCUT2D eigenvalue weighted by Gasteiger charge is -2.03. The number of para-hydroxylation sites is 1. The van der Waals surface area contributed by atoms with E-state index in [2.05, 4.69) is 9.97 Å². The van der Waals surface area contributed by atoms with Crippen LogP contribution in [-0.4, -0.2) is 14.4 Å². The molecule has 0 unspecified atom stereocenters. The van der Waals surface area contributed by atoms with Gasteiger partial charge in [-0.3, -0.25) is 4.40 Å². The van der Waals surface area contributed by atoms with Gasteiger partial charge in [-0.2, -0.15) is 0 Å². The Bertz CT molecular complexity index is 1030. The molecule has 4 nitrogen and oxygen atoms in total. The third-order valence-corrected chi connectivity index (χ3v) is 3.73. The quantitative estimate of drug-likeness (QED) is 0.559. The van der Waals surface area contributed by atoms with Crippen molar-refractivity contribution < 1.29 is 13.5 Å². The highest BCUT2D eigenvalue weighted by Gasteiger charge is 2.10. The average molecular weight is 337 g/mol. The second-order valence-corrected chi connectivity index (χ2v) is 5.51. The molecule has 6 heteroatoms. The van der Waals surface area contributed by atoms with Gasteiger partial charge in [-0.15, -0.1) is 0 Å². The van der Waals surface area contributed by atoms with Crippen LogP contribution >= 0.6 is 0 Å². The first-order valence-corrected chi connectivity index (χ1v) is 7.66. The summed E-state index contributed by atoms with van der Waals surface area (Å²) in [6.45, 7) is 0.299. The van der Waals surface area contributed by atoms with Crippen molar-refractivity contribution in [3.63, 3.8) is 0 Å². The Morgan fingerprint density at radius 3 is 2.64 bits per heavy atom. The molecular weight excluding hydrogens is 324 g/mol. The number of nitrogens with zero attached hydrogens (tertiary/aromatic N) is 3. The lowest BCUT2D eigenvalue weighted by atomic mass is 10.1. The van der Waals surface area contributed by atoms with Gasteiger partial charge in [0, 0.05) is 35.8 Å². The largest absolute Gasteiger partial charge is 0.487 e. The summed E-state index contributed by atoms with van der Waals surface area (Å²) in [5.74, 6) is -0.00770. The number of hydrogen-bond acceptors (Lipinski definition) is 3. The molecule has 4 aromatic rings. The Balaban J connectivity index is 1.61. The standard InChI is InChI=1S/C19H13F2N3O/c20-14-6-7-17(18(21)8-14)13-9-22-19-23-15(11-24(19)10-13)12-25-16-4-2-1-3-5-16/h1-11H,12H2. The van der Waals surface area contributed by atoms with E-state index in [1.165, 1.54) is 18.3 Å². The normalized spacial score (nSPS) is 11.0. The van der Waals surface area contributed by atoms with Crippen molar-refractivity contribution in [2.45, 2.75) is 6.61 Å². The zero-order valence-corrected chi connectivity index (χ0v) is 13.1. The van der Waals surface area contributed by atoms with Crippen LogP contribution in [0.15, 0.2) is 67.1 Å². The van der Waals surface area contributed by atoms with Crippen molar-refractivity contribution >= 4 is 5.78 Å². The highest BCUT2D eigenvalue weighted by molar-refractivity contribution is 5.63. The molecule has 0 atom stereocenters. The molecular formula is C19H13F2N3O. The average Bonchev–Trinajstić information content (AvgIpc) is 3.03. The van der Waals surface area contributed by atoms with Crippen molar-refractivity contribution in [1.82, 2.24) is 14.4 Å². The van der Waals surface area contributed by atoms with Gasteiger partial charge < -0.3 is 4.74 Å². The summed E-state index contributed by atoms with van der Waals surface area (Å²) in [4.78, 5) is 8.60. The summed E-state index contributed by atoms with van der Waals surface area (Å²) in [5.41, 5.74) is 1.53. The molecule has 0 spiro atoms. The van der Waals surface area contributed by atoms with Crippen LogP contribution < -0.4 is 4.74 Å². The van der Waals surface area contributed by atoms with E-state index < -0.39 is 11.6 Å². The van der Waals surface area contributed by atoms with E-state index in [0.717, 1.165) is 11.8 Å². The smallest absolute Gasteiger partial charge is 0.234 e. The third-order valence-electron chi connectivity index (χ3n) is 3.73. The minimum absolute atomic E-state index is 0.284. The molecule has 0 amide bonds. The van der Waals surface area contributed by atoms with Gasteiger partial charge in [0.1, 0.15) is 24.0 Å². The first kappa shape index (κ1) is 15.3. The Labute approximate surface area is 142 Å². The molecule has 0 radical (unpaired) electrons. The van der Waals surface area contributed by atoms with E-state index in [9.17, 15) is 8.78 Å². The van der Waals surface area contributed by atoms with Gasteiger partial charge in [0.25, 0.3) is 0 Å². The maximum absolute atomic E-state index is 13.9. The van der Waals surface area contributed by atoms with Crippen molar-refractivity contribution in [1.29, 1.82) is 0 Å². The zero-order chi connectivity index (χ0) is 17.2. The molecule has 0 aliphatic rings. The molecule has 4 rings (SSSR count). The topological polar surface area (TPSA) is 39.4 Å². The predicted octanol–water partition coefficient (Wildman–Crippen LogP) is 4.25. The van der Waals surface area contributed by atoms with Crippen LogP contribution in [0.5, 0.6) is 5.75 Å². The first-order valence-electron chi connectivity index (χ1n) is 7.66. The van der Waals surface area contributed by atoms with Crippen LogP contribution in [-0.2, 0) is 6.61 Å². The van der Waals surface area contributed by atoms with Gasteiger partial charge in [0.05, 0.1) is 5.69 Å². The van der Waals surface area contributed by atoms with Gasteiger partial charge >= 0.3 is 0 Å². The monoisotopic (exact) mass is 337 g/mol. The van der Waals surface area contributed by atoms with Crippen LogP contribution in [0.2, 0.25) is 0 Å². The predicted molar refractivity (Wildman–Crippen MR) is 89.1 cm³/mol. The second kappa shape index (κ2) is 6.32. The van der Waals surface area contributed by atoms with Crippen LogP contribution in [0.4, 0.5) is 8.78 Å². The Hall–Kier alpha value is -3.28. The van der Waals surface area contributed by atoms with Gasteiger partial charge in [-0.05, 0) is 24.3 Å². The number of rotatable bonds is 4. The number of hydrogen-bond donors (Lipinski definition) is 0. The molecule has 2 aromatic carbocycles. The number of benzene rings is 2. The van der Waals surface area contributed by atoms with Gasteiger partial charge in [-0.25, -0.2) is 18.7 Å². The summed E-state index contributed by atoms with van der Waals surface area (Å²) in [6.07, 6.45) is 4.99. The fraction of sp³-hybridized carbons (Fsp3) is 0.0526. The molecule has 2 heterocycles. The molecule has 25 heavy (non-hydrogen) atoms.